The smallest absolute Gasteiger partial charge is 0.135 e. The summed E-state index contributed by atoms with van der Waals surface area (Å²) in [5.41, 5.74) is 0. The summed E-state index contributed by atoms with van der Waals surface area (Å²) in [6.07, 6.45) is 1.92. The zero-order valence-corrected chi connectivity index (χ0v) is 6.67. The first-order valence-electron chi connectivity index (χ1n) is 2.56. The molecule has 0 saturated carbocycles. The molecule has 0 heterocycles. The topological polar surface area (TPSA) is 17.1 Å². The second-order valence-electron chi connectivity index (χ2n) is 1.68. The summed E-state index contributed by atoms with van der Waals surface area (Å²) < 4.78 is 0. The number of rotatable bonds is 3. The van der Waals surface area contributed by atoms with Crippen LogP contribution in [0, 0.1) is 0 Å². The van der Waals surface area contributed by atoms with Gasteiger partial charge in [0.05, 0.1) is 0 Å². The maximum atomic E-state index is 10.4. The molecule has 0 saturated heterocycles. The Hall–Kier alpha value is -0.0100. The summed E-state index contributed by atoms with van der Waals surface area (Å²) in [7, 11) is 0. The molecule has 1 nitrogen and oxygen atoms in total. The average molecular weight is 167 g/mol. The van der Waals surface area contributed by atoms with E-state index in [1.807, 2.05) is 0 Å². The minimum absolute atomic E-state index is 0.0568. The van der Waals surface area contributed by atoms with Crippen LogP contribution in [0.5, 0.6) is 0 Å². The Balaban J connectivity index is 3.62. The summed E-state index contributed by atoms with van der Waals surface area (Å²) in [4.78, 5) is 10.4. The van der Waals surface area contributed by atoms with Crippen LogP contribution >= 0.6 is 23.2 Å². The Bertz CT molecular complexity index is 129. The largest absolute Gasteiger partial charge is 0.300 e. The van der Waals surface area contributed by atoms with Crippen molar-refractivity contribution in [3.8, 4) is 0 Å². The molecule has 0 aromatic carbocycles. The standard InChI is InChI=1S/C6H8Cl2O/c1-5(9)4-6(8)2-3-7/h2H,3-4H2,1H3/b6-2-. The molecule has 0 aromatic rings. The van der Waals surface area contributed by atoms with Gasteiger partial charge in [0.2, 0.25) is 0 Å². The maximum Gasteiger partial charge on any atom is 0.135 e. The zero-order valence-electron chi connectivity index (χ0n) is 5.16. The predicted molar refractivity (Wildman–Crippen MR) is 40.0 cm³/mol. The molecule has 0 bridgehead atoms. The fraction of sp³-hybridized carbons (Fsp3) is 0.500. The molecule has 0 N–H and O–H groups in total. The zero-order chi connectivity index (χ0) is 7.28. The van der Waals surface area contributed by atoms with Gasteiger partial charge in [-0.15, -0.1) is 11.6 Å². The Morgan fingerprint density at radius 1 is 1.67 bits per heavy atom. The minimum Gasteiger partial charge on any atom is -0.300 e. The quantitative estimate of drug-likeness (QED) is 0.589. The first-order valence-corrected chi connectivity index (χ1v) is 3.48. The van der Waals surface area contributed by atoms with Gasteiger partial charge in [0.25, 0.3) is 0 Å². The highest BCUT2D eigenvalue weighted by Crippen LogP contribution is 2.06. The van der Waals surface area contributed by atoms with Gasteiger partial charge < -0.3 is 0 Å². The summed E-state index contributed by atoms with van der Waals surface area (Å²) in [5, 5.41) is 0.525. The second-order valence-corrected chi connectivity index (χ2v) is 2.48. The Kier molecular flexibility index (Phi) is 4.83. The van der Waals surface area contributed by atoms with Gasteiger partial charge >= 0.3 is 0 Å². The van der Waals surface area contributed by atoms with E-state index in [9.17, 15) is 4.79 Å². The van der Waals surface area contributed by atoms with E-state index in [1.165, 1.54) is 6.92 Å². The number of carbonyl (C=O) groups excluding carboxylic acids is 1. The Morgan fingerprint density at radius 3 is 2.56 bits per heavy atom. The van der Waals surface area contributed by atoms with E-state index in [1.54, 1.807) is 6.08 Å². The molecule has 0 spiro atoms. The molecule has 0 unspecified atom stereocenters. The van der Waals surface area contributed by atoms with Gasteiger partial charge in [0.1, 0.15) is 5.78 Å². The van der Waals surface area contributed by atoms with Gasteiger partial charge in [0.15, 0.2) is 0 Å². The monoisotopic (exact) mass is 166 g/mol. The molecule has 0 atom stereocenters. The van der Waals surface area contributed by atoms with Crippen LogP contribution in [-0.4, -0.2) is 11.7 Å². The minimum atomic E-state index is 0.0568. The summed E-state index contributed by atoms with van der Waals surface area (Å²) in [6.45, 7) is 1.49. The molecule has 0 aliphatic heterocycles. The molecule has 0 amide bonds. The van der Waals surface area contributed by atoms with Crippen LogP contribution in [0.25, 0.3) is 0 Å². The SMILES string of the molecule is CC(=O)C/C(Cl)=C/CCl. The van der Waals surface area contributed by atoms with Crippen LogP contribution < -0.4 is 0 Å². The number of carbonyl (C=O) groups is 1. The third-order valence-electron chi connectivity index (χ3n) is 0.716. The van der Waals surface area contributed by atoms with E-state index in [-0.39, 0.29) is 5.78 Å². The number of ketones is 1. The van der Waals surface area contributed by atoms with Crippen LogP contribution in [0.4, 0.5) is 0 Å². The van der Waals surface area contributed by atoms with Crippen LogP contribution in [-0.2, 0) is 4.79 Å². The fourth-order valence-corrected chi connectivity index (χ4v) is 0.924. The summed E-state index contributed by atoms with van der Waals surface area (Å²) in [5.74, 6) is 0.424. The number of allylic oxidation sites excluding steroid dienone is 2. The Morgan fingerprint density at radius 2 is 2.22 bits per heavy atom. The van der Waals surface area contributed by atoms with Gasteiger partial charge in [-0.25, -0.2) is 0 Å². The second kappa shape index (κ2) is 4.83. The summed E-state index contributed by atoms with van der Waals surface area (Å²) >= 11 is 10.8. The van der Waals surface area contributed by atoms with E-state index in [0.29, 0.717) is 17.3 Å². The molecule has 0 aliphatic rings. The van der Waals surface area contributed by atoms with Crippen molar-refractivity contribution in [3.63, 3.8) is 0 Å². The van der Waals surface area contributed by atoms with E-state index in [0.717, 1.165) is 0 Å². The number of alkyl halides is 1. The predicted octanol–water partition coefficient (Wildman–Crippen LogP) is 2.33. The van der Waals surface area contributed by atoms with E-state index < -0.39 is 0 Å². The van der Waals surface area contributed by atoms with Crippen molar-refractivity contribution in [2.75, 3.05) is 5.88 Å². The number of hydrogen-bond acceptors (Lipinski definition) is 1. The molecule has 0 aromatic heterocycles. The average Bonchev–Trinajstić information content (AvgIpc) is 1.63. The first-order chi connectivity index (χ1) is 4.16. The van der Waals surface area contributed by atoms with Crippen LogP contribution in [0.1, 0.15) is 13.3 Å². The number of hydrogen-bond donors (Lipinski definition) is 0. The normalized spacial score (nSPS) is 11.7. The lowest BCUT2D eigenvalue weighted by atomic mass is 10.3. The van der Waals surface area contributed by atoms with Gasteiger partial charge in [-0.1, -0.05) is 17.7 Å². The molecule has 0 rings (SSSR count). The molecular weight excluding hydrogens is 159 g/mol. The van der Waals surface area contributed by atoms with Crippen LogP contribution in [0.2, 0.25) is 0 Å². The van der Waals surface area contributed by atoms with Crippen molar-refractivity contribution in [2.24, 2.45) is 0 Å². The highest BCUT2D eigenvalue weighted by Gasteiger charge is 1.94. The lowest BCUT2D eigenvalue weighted by Crippen LogP contribution is -1.88. The third-order valence-corrected chi connectivity index (χ3v) is 1.16. The molecule has 0 fully saturated rings. The van der Waals surface area contributed by atoms with Crippen molar-refractivity contribution < 1.29 is 4.79 Å². The summed E-state index contributed by atoms with van der Waals surface area (Å²) in [6, 6.07) is 0. The van der Waals surface area contributed by atoms with Crippen LogP contribution in [0.15, 0.2) is 11.1 Å². The highest BCUT2D eigenvalue weighted by atomic mass is 35.5. The molecule has 52 valence electrons. The third kappa shape index (κ3) is 5.87. The van der Waals surface area contributed by atoms with Gasteiger partial charge in [-0.05, 0) is 6.92 Å². The van der Waals surface area contributed by atoms with E-state index >= 15 is 0 Å². The van der Waals surface area contributed by atoms with Crippen molar-refractivity contribution in [2.45, 2.75) is 13.3 Å². The highest BCUT2D eigenvalue weighted by molar-refractivity contribution is 6.31. The molecule has 9 heavy (non-hydrogen) atoms. The van der Waals surface area contributed by atoms with E-state index in [2.05, 4.69) is 0 Å². The molecule has 0 aliphatic carbocycles. The lowest BCUT2D eigenvalue weighted by Gasteiger charge is -1.89. The van der Waals surface area contributed by atoms with Crippen molar-refractivity contribution >= 4 is 29.0 Å². The molecule has 0 radical (unpaired) electrons. The van der Waals surface area contributed by atoms with Crippen LogP contribution in [0.3, 0.4) is 0 Å². The van der Waals surface area contributed by atoms with Gasteiger partial charge in [-0.3, -0.25) is 4.79 Å². The number of halogens is 2. The number of Topliss-reactive ketones (excluding diaryl/α,β-unsaturated/α-hetero) is 1. The van der Waals surface area contributed by atoms with Crippen molar-refractivity contribution in [1.82, 2.24) is 0 Å². The first kappa shape index (κ1) is 8.99. The fourth-order valence-electron chi connectivity index (χ4n) is 0.394. The van der Waals surface area contributed by atoms with Crippen molar-refractivity contribution in [1.29, 1.82) is 0 Å². The van der Waals surface area contributed by atoms with Gasteiger partial charge in [-0.2, -0.15) is 0 Å². The van der Waals surface area contributed by atoms with Gasteiger partial charge in [0, 0.05) is 17.3 Å². The molecular formula is C6H8Cl2O. The Labute approximate surface area is 64.6 Å². The maximum absolute atomic E-state index is 10.4. The molecule has 3 heteroatoms. The van der Waals surface area contributed by atoms with E-state index in [4.69, 9.17) is 23.2 Å². The lowest BCUT2D eigenvalue weighted by molar-refractivity contribution is -0.116. The van der Waals surface area contributed by atoms with Crippen molar-refractivity contribution in [3.05, 3.63) is 11.1 Å².